The van der Waals surface area contributed by atoms with Crippen LogP contribution in [0.2, 0.25) is 0 Å². The van der Waals surface area contributed by atoms with Gasteiger partial charge in [0, 0.05) is 56.2 Å². The number of anilines is 1. The van der Waals surface area contributed by atoms with Crippen molar-refractivity contribution < 1.29 is 0 Å². The number of rotatable bonds is 5. The van der Waals surface area contributed by atoms with Gasteiger partial charge in [-0.2, -0.15) is 0 Å². The number of pyridine rings is 1. The molecular weight excluding hydrogens is 312 g/mol. The summed E-state index contributed by atoms with van der Waals surface area (Å²) in [6.07, 6.45) is 1.77. The minimum atomic E-state index is 0.327. The molecule has 0 amide bonds. The molecule has 6 nitrogen and oxygen atoms in total. The van der Waals surface area contributed by atoms with Gasteiger partial charge in [0.1, 0.15) is 11.5 Å². The molecule has 0 aliphatic carbocycles. The van der Waals surface area contributed by atoms with Crippen LogP contribution in [0.4, 0.5) is 5.82 Å². The Morgan fingerprint density at radius 1 is 1.12 bits per heavy atom. The Kier molecular flexibility index (Phi) is 5.60. The molecule has 1 fully saturated rings. The monoisotopic (exact) mass is 340 g/mol. The molecule has 0 saturated carbocycles. The van der Waals surface area contributed by atoms with E-state index in [1.54, 1.807) is 6.20 Å². The third kappa shape index (κ3) is 4.52. The summed E-state index contributed by atoms with van der Waals surface area (Å²) in [5, 5.41) is 3.59. The summed E-state index contributed by atoms with van der Waals surface area (Å²) in [7, 11) is 2.19. The highest BCUT2D eigenvalue weighted by atomic mass is 15.3. The van der Waals surface area contributed by atoms with Gasteiger partial charge in [-0.1, -0.05) is 6.07 Å². The average Bonchev–Trinajstić information content (AvgIpc) is 2.61. The van der Waals surface area contributed by atoms with E-state index < -0.39 is 0 Å². The Morgan fingerprint density at radius 3 is 2.56 bits per heavy atom. The van der Waals surface area contributed by atoms with Gasteiger partial charge in [-0.05, 0) is 40.0 Å². The summed E-state index contributed by atoms with van der Waals surface area (Å²) in [6.45, 7) is 11.9. The fourth-order valence-corrected chi connectivity index (χ4v) is 3.08. The first-order valence-electron chi connectivity index (χ1n) is 8.97. The van der Waals surface area contributed by atoms with Crippen molar-refractivity contribution in [2.45, 2.75) is 26.8 Å². The van der Waals surface area contributed by atoms with Crippen molar-refractivity contribution in [3.05, 3.63) is 35.7 Å². The van der Waals surface area contributed by atoms with Crippen LogP contribution >= 0.6 is 0 Å². The lowest BCUT2D eigenvalue weighted by atomic mass is 10.2. The predicted molar refractivity (Wildman–Crippen MR) is 102 cm³/mol. The summed E-state index contributed by atoms with van der Waals surface area (Å²) in [4.78, 5) is 18.6. The van der Waals surface area contributed by atoms with E-state index in [9.17, 15) is 0 Å². The van der Waals surface area contributed by atoms with Gasteiger partial charge in [-0.15, -0.1) is 0 Å². The topological polar surface area (TPSA) is 57.2 Å². The van der Waals surface area contributed by atoms with Gasteiger partial charge in [0.15, 0.2) is 5.82 Å². The molecule has 1 unspecified atom stereocenters. The van der Waals surface area contributed by atoms with E-state index >= 15 is 0 Å². The van der Waals surface area contributed by atoms with Gasteiger partial charge in [-0.25, -0.2) is 9.97 Å². The van der Waals surface area contributed by atoms with Gasteiger partial charge in [0.2, 0.25) is 0 Å². The number of hydrogen-bond donors (Lipinski definition) is 1. The van der Waals surface area contributed by atoms with Crippen LogP contribution in [0.3, 0.4) is 0 Å². The van der Waals surface area contributed by atoms with E-state index in [4.69, 9.17) is 4.98 Å². The second kappa shape index (κ2) is 7.89. The van der Waals surface area contributed by atoms with Crippen molar-refractivity contribution in [3.8, 4) is 11.5 Å². The van der Waals surface area contributed by atoms with Crippen molar-refractivity contribution in [2.24, 2.45) is 0 Å². The molecule has 2 aromatic heterocycles. The molecule has 3 heterocycles. The highest BCUT2D eigenvalue weighted by Crippen LogP contribution is 2.21. The first kappa shape index (κ1) is 17.8. The van der Waals surface area contributed by atoms with E-state index in [0.29, 0.717) is 11.9 Å². The lowest BCUT2D eigenvalue weighted by molar-refractivity contribution is 0.151. The molecule has 1 atom stereocenters. The van der Waals surface area contributed by atoms with Crippen LogP contribution in [0, 0.1) is 13.8 Å². The van der Waals surface area contributed by atoms with Crippen molar-refractivity contribution >= 4 is 5.82 Å². The first-order valence-corrected chi connectivity index (χ1v) is 8.97. The zero-order valence-electron chi connectivity index (χ0n) is 15.7. The molecule has 2 aromatic rings. The van der Waals surface area contributed by atoms with E-state index in [1.165, 1.54) is 0 Å². The number of nitrogens with one attached hydrogen (secondary N) is 1. The lowest BCUT2D eigenvalue weighted by Gasteiger charge is -2.34. The minimum Gasteiger partial charge on any atom is -0.366 e. The summed E-state index contributed by atoms with van der Waals surface area (Å²) < 4.78 is 0. The number of aromatic nitrogens is 3. The second-order valence-corrected chi connectivity index (χ2v) is 6.97. The lowest BCUT2D eigenvalue weighted by Crippen LogP contribution is -2.47. The molecule has 0 aromatic carbocycles. The second-order valence-electron chi connectivity index (χ2n) is 6.97. The summed E-state index contributed by atoms with van der Waals surface area (Å²) in [6, 6.07) is 6.14. The third-order valence-corrected chi connectivity index (χ3v) is 4.79. The van der Waals surface area contributed by atoms with Gasteiger partial charge >= 0.3 is 0 Å². The minimum absolute atomic E-state index is 0.327. The molecule has 1 aliphatic rings. The van der Waals surface area contributed by atoms with Crippen LogP contribution < -0.4 is 5.32 Å². The maximum Gasteiger partial charge on any atom is 0.180 e. The van der Waals surface area contributed by atoms with Gasteiger partial charge in [0.05, 0.1) is 0 Å². The zero-order valence-corrected chi connectivity index (χ0v) is 15.7. The Morgan fingerprint density at radius 2 is 1.88 bits per heavy atom. The van der Waals surface area contributed by atoms with Crippen molar-refractivity contribution in [1.29, 1.82) is 0 Å². The van der Waals surface area contributed by atoms with Gasteiger partial charge in [0.25, 0.3) is 0 Å². The molecule has 1 aliphatic heterocycles. The van der Waals surface area contributed by atoms with Crippen LogP contribution in [-0.4, -0.2) is 70.6 Å². The zero-order chi connectivity index (χ0) is 17.8. The fraction of sp³-hybridized carbons (Fsp3) is 0.526. The molecule has 0 radical (unpaired) electrons. The standard InChI is InChI=1S/C19H28N6/c1-14(13-25-11-9-24(4)10-12-25)21-18-15(2)16(3)22-19(23-18)17-7-5-6-8-20-17/h5-8,14H,9-13H2,1-4H3,(H,21,22,23). The Bertz CT molecular complexity index is 695. The van der Waals surface area contributed by atoms with Gasteiger partial charge < -0.3 is 10.2 Å². The summed E-state index contributed by atoms with van der Waals surface area (Å²) in [5.41, 5.74) is 2.90. The summed E-state index contributed by atoms with van der Waals surface area (Å²) in [5.74, 6) is 1.59. The third-order valence-electron chi connectivity index (χ3n) is 4.79. The Labute approximate surface area is 150 Å². The fourth-order valence-electron chi connectivity index (χ4n) is 3.08. The van der Waals surface area contributed by atoms with E-state index in [1.807, 2.05) is 25.1 Å². The molecule has 6 heteroatoms. The Balaban J connectivity index is 1.72. The number of likely N-dealkylation sites (N-methyl/N-ethyl adjacent to an activating group) is 1. The molecular formula is C19H28N6. The number of piperazine rings is 1. The van der Waals surface area contributed by atoms with Crippen LogP contribution in [0.1, 0.15) is 18.2 Å². The number of nitrogens with zero attached hydrogens (tertiary/aromatic N) is 5. The smallest absolute Gasteiger partial charge is 0.180 e. The predicted octanol–water partition coefficient (Wildman–Crippen LogP) is 2.20. The van der Waals surface area contributed by atoms with Crippen LogP contribution in [-0.2, 0) is 0 Å². The molecule has 3 rings (SSSR count). The maximum absolute atomic E-state index is 4.74. The van der Waals surface area contributed by atoms with E-state index in [-0.39, 0.29) is 0 Å². The molecule has 0 bridgehead atoms. The van der Waals surface area contributed by atoms with Crippen molar-refractivity contribution in [1.82, 2.24) is 24.8 Å². The molecule has 0 spiro atoms. The number of aryl methyl sites for hydroxylation is 1. The SMILES string of the molecule is Cc1nc(-c2ccccn2)nc(NC(C)CN2CCN(C)CC2)c1C. The highest BCUT2D eigenvalue weighted by Gasteiger charge is 2.17. The first-order chi connectivity index (χ1) is 12.0. The van der Waals surface area contributed by atoms with Crippen molar-refractivity contribution in [2.75, 3.05) is 45.1 Å². The highest BCUT2D eigenvalue weighted by molar-refractivity contribution is 5.56. The molecule has 134 valence electrons. The Hall–Kier alpha value is -2.05. The maximum atomic E-state index is 4.74. The number of hydrogen-bond acceptors (Lipinski definition) is 6. The molecule has 25 heavy (non-hydrogen) atoms. The normalized spacial score (nSPS) is 17.4. The van der Waals surface area contributed by atoms with Crippen molar-refractivity contribution in [3.63, 3.8) is 0 Å². The molecule has 1 saturated heterocycles. The van der Waals surface area contributed by atoms with Gasteiger partial charge in [-0.3, -0.25) is 9.88 Å². The molecule has 1 N–H and O–H groups in total. The summed E-state index contributed by atoms with van der Waals surface area (Å²) >= 11 is 0. The average molecular weight is 340 g/mol. The largest absolute Gasteiger partial charge is 0.366 e. The van der Waals surface area contributed by atoms with Crippen LogP contribution in [0.15, 0.2) is 24.4 Å². The quantitative estimate of drug-likeness (QED) is 0.900. The van der Waals surface area contributed by atoms with Crippen LogP contribution in [0.25, 0.3) is 11.5 Å². The van der Waals surface area contributed by atoms with E-state index in [0.717, 1.165) is 55.5 Å². The van der Waals surface area contributed by atoms with Crippen LogP contribution in [0.5, 0.6) is 0 Å². The van der Waals surface area contributed by atoms with E-state index in [2.05, 4.69) is 46.0 Å².